The Morgan fingerprint density at radius 1 is 1.07 bits per heavy atom. The van der Waals surface area contributed by atoms with Gasteiger partial charge in [0.15, 0.2) is 11.5 Å². The van der Waals surface area contributed by atoms with Crippen LogP contribution in [-0.2, 0) is 4.79 Å². The summed E-state index contributed by atoms with van der Waals surface area (Å²) in [4.78, 5) is 12.3. The number of rotatable bonds is 5. The molecule has 0 saturated heterocycles. The number of H-pyrrole nitrogens is 1. The topological polar surface area (TPSA) is 88.3 Å². The molecule has 1 aromatic heterocycles. The van der Waals surface area contributed by atoms with Crippen LogP contribution in [0.25, 0.3) is 16.7 Å². The minimum atomic E-state index is -0.141. The number of carbonyl (C=O) groups is 1. The molecule has 1 amide bonds. The van der Waals surface area contributed by atoms with Crippen molar-refractivity contribution in [3.63, 3.8) is 0 Å². The molecule has 0 atom stereocenters. The third-order valence-electron chi connectivity index (χ3n) is 4.69. The first-order valence-electron chi connectivity index (χ1n) is 8.77. The molecule has 2 heterocycles. The van der Waals surface area contributed by atoms with Crippen LogP contribution in [0.4, 0.5) is 11.5 Å². The number of hydrogen-bond acceptors (Lipinski definition) is 5. The number of nitrogens with one attached hydrogen (secondary N) is 3. The van der Waals surface area contributed by atoms with Crippen molar-refractivity contribution in [3.8, 4) is 22.6 Å². The Balaban J connectivity index is 1.70. The molecule has 4 rings (SSSR count). The zero-order chi connectivity index (χ0) is 19.7. The third kappa shape index (κ3) is 2.96. The van der Waals surface area contributed by atoms with Gasteiger partial charge in [0, 0.05) is 23.0 Å². The van der Waals surface area contributed by atoms with Gasteiger partial charge in [-0.15, -0.1) is 0 Å². The van der Waals surface area contributed by atoms with E-state index in [1.54, 1.807) is 20.4 Å². The third-order valence-corrected chi connectivity index (χ3v) is 4.69. The summed E-state index contributed by atoms with van der Waals surface area (Å²) in [6.45, 7) is 1.92. The van der Waals surface area contributed by atoms with Gasteiger partial charge in [-0.3, -0.25) is 9.89 Å². The van der Waals surface area contributed by atoms with E-state index in [2.05, 4.69) is 20.8 Å². The predicted molar refractivity (Wildman–Crippen MR) is 109 cm³/mol. The average Bonchev–Trinajstić information content (AvgIpc) is 3.24. The first-order valence-corrected chi connectivity index (χ1v) is 8.77. The highest BCUT2D eigenvalue weighted by Crippen LogP contribution is 2.37. The molecule has 1 aliphatic rings. The van der Waals surface area contributed by atoms with Gasteiger partial charge in [-0.25, -0.2) is 0 Å². The second-order valence-electron chi connectivity index (χ2n) is 6.33. The van der Waals surface area contributed by atoms with Crippen LogP contribution in [0.15, 0.2) is 48.7 Å². The van der Waals surface area contributed by atoms with E-state index >= 15 is 0 Å². The van der Waals surface area contributed by atoms with Crippen molar-refractivity contribution in [2.24, 2.45) is 0 Å². The van der Waals surface area contributed by atoms with E-state index in [1.165, 1.54) is 0 Å². The lowest BCUT2D eigenvalue weighted by molar-refractivity contribution is -0.110. The lowest BCUT2D eigenvalue weighted by Gasteiger charge is -2.10. The van der Waals surface area contributed by atoms with Gasteiger partial charge >= 0.3 is 0 Å². The number of hydrogen-bond donors (Lipinski definition) is 3. The molecule has 0 unspecified atom stereocenters. The molecule has 1 aliphatic heterocycles. The van der Waals surface area contributed by atoms with Crippen LogP contribution in [-0.4, -0.2) is 30.3 Å². The number of para-hydroxylation sites is 1. The van der Waals surface area contributed by atoms with E-state index in [0.29, 0.717) is 22.9 Å². The van der Waals surface area contributed by atoms with Gasteiger partial charge in [0.05, 0.1) is 25.5 Å². The van der Waals surface area contributed by atoms with E-state index in [-0.39, 0.29) is 5.91 Å². The number of carbonyl (C=O) groups excluding carboxylic acids is 1. The Labute approximate surface area is 162 Å². The molecule has 142 valence electrons. The molecule has 3 aromatic rings. The smallest absolute Gasteiger partial charge is 0.257 e. The summed E-state index contributed by atoms with van der Waals surface area (Å²) in [7, 11) is 3.20. The SMILES string of the molecule is COc1ccc(-c2c(C)n[nH]c2NC=C2C(=O)Nc3ccccc32)cc1OC. The van der Waals surface area contributed by atoms with E-state index in [0.717, 1.165) is 28.1 Å². The van der Waals surface area contributed by atoms with Gasteiger partial charge < -0.3 is 20.1 Å². The molecule has 7 nitrogen and oxygen atoms in total. The fourth-order valence-corrected chi connectivity index (χ4v) is 3.31. The Kier molecular flexibility index (Phi) is 4.49. The van der Waals surface area contributed by atoms with Crippen molar-refractivity contribution in [1.29, 1.82) is 0 Å². The summed E-state index contributed by atoms with van der Waals surface area (Å²) in [6.07, 6.45) is 1.69. The number of benzene rings is 2. The number of anilines is 2. The average molecular weight is 376 g/mol. The summed E-state index contributed by atoms with van der Waals surface area (Å²) >= 11 is 0. The molecule has 3 N–H and O–H groups in total. The maximum atomic E-state index is 12.3. The minimum absolute atomic E-state index is 0.141. The standard InChI is InChI=1S/C21H20N4O3/c1-12-19(13-8-9-17(27-2)18(10-13)28-3)20(25-24-12)22-11-15-14-6-4-5-7-16(14)23-21(15)26/h4-11H,1-3H3,(H,23,26)(H2,22,24,25). The molecule has 2 aromatic carbocycles. The maximum Gasteiger partial charge on any atom is 0.257 e. The minimum Gasteiger partial charge on any atom is -0.493 e. The van der Waals surface area contributed by atoms with Gasteiger partial charge in [-0.05, 0) is 30.7 Å². The normalized spacial score (nSPS) is 14.0. The second kappa shape index (κ2) is 7.11. The molecular weight excluding hydrogens is 356 g/mol. The number of fused-ring (bicyclic) bond motifs is 1. The first-order chi connectivity index (χ1) is 13.6. The summed E-state index contributed by atoms with van der Waals surface area (Å²) in [6, 6.07) is 13.3. The Morgan fingerprint density at radius 2 is 1.86 bits per heavy atom. The van der Waals surface area contributed by atoms with Crippen LogP contribution in [0.1, 0.15) is 11.3 Å². The quantitative estimate of drug-likeness (QED) is 0.590. The molecule has 0 aliphatic carbocycles. The van der Waals surface area contributed by atoms with Crippen molar-refractivity contribution >= 4 is 23.0 Å². The summed E-state index contributed by atoms with van der Waals surface area (Å²) in [5, 5.41) is 13.4. The van der Waals surface area contributed by atoms with Crippen molar-refractivity contribution in [3.05, 3.63) is 59.9 Å². The molecule has 0 spiro atoms. The zero-order valence-corrected chi connectivity index (χ0v) is 15.8. The highest BCUT2D eigenvalue weighted by Gasteiger charge is 2.23. The molecular formula is C21H20N4O3. The Bertz CT molecular complexity index is 1090. The number of nitrogens with zero attached hydrogens (tertiary/aromatic N) is 1. The maximum absolute atomic E-state index is 12.3. The molecule has 0 bridgehead atoms. The van der Waals surface area contributed by atoms with E-state index in [9.17, 15) is 4.79 Å². The fraction of sp³-hybridized carbons (Fsp3) is 0.143. The van der Waals surface area contributed by atoms with Crippen molar-refractivity contribution < 1.29 is 14.3 Å². The molecule has 0 radical (unpaired) electrons. The molecule has 0 fully saturated rings. The Morgan fingerprint density at radius 3 is 2.64 bits per heavy atom. The van der Waals surface area contributed by atoms with Crippen LogP contribution in [0.5, 0.6) is 11.5 Å². The van der Waals surface area contributed by atoms with E-state index < -0.39 is 0 Å². The van der Waals surface area contributed by atoms with Crippen molar-refractivity contribution in [1.82, 2.24) is 10.2 Å². The van der Waals surface area contributed by atoms with Crippen LogP contribution in [0.3, 0.4) is 0 Å². The monoisotopic (exact) mass is 376 g/mol. The number of aromatic nitrogens is 2. The molecule has 0 saturated carbocycles. The predicted octanol–water partition coefficient (Wildman–Crippen LogP) is 3.81. The number of amides is 1. The van der Waals surface area contributed by atoms with Crippen LogP contribution >= 0.6 is 0 Å². The highest BCUT2D eigenvalue weighted by atomic mass is 16.5. The van der Waals surface area contributed by atoms with Gasteiger partial charge in [0.2, 0.25) is 0 Å². The largest absolute Gasteiger partial charge is 0.493 e. The highest BCUT2D eigenvalue weighted by molar-refractivity contribution is 6.31. The number of aromatic amines is 1. The van der Waals surface area contributed by atoms with Gasteiger partial charge in [-0.2, -0.15) is 5.10 Å². The lowest BCUT2D eigenvalue weighted by atomic mass is 10.0. The number of aryl methyl sites for hydroxylation is 1. The summed E-state index contributed by atoms with van der Waals surface area (Å²) in [5.41, 5.74) is 4.88. The van der Waals surface area contributed by atoms with Gasteiger partial charge in [0.1, 0.15) is 5.82 Å². The van der Waals surface area contributed by atoms with Gasteiger partial charge in [0.25, 0.3) is 5.91 Å². The molecule has 7 heteroatoms. The summed E-state index contributed by atoms with van der Waals surface area (Å²) in [5.74, 6) is 1.84. The lowest BCUT2D eigenvalue weighted by Crippen LogP contribution is -2.05. The van der Waals surface area contributed by atoms with E-state index in [4.69, 9.17) is 9.47 Å². The van der Waals surface area contributed by atoms with Crippen molar-refractivity contribution in [2.45, 2.75) is 6.92 Å². The van der Waals surface area contributed by atoms with E-state index in [1.807, 2.05) is 49.4 Å². The summed E-state index contributed by atoms with van der Waals surface area (Å²) < 4.78 is 10.7. The number of ether oxygens (including phenoxy) is 2. The Hall–Kier alpha value is -3.74. The van der Waals surface area contributed by atoms with Gasteiger partial charge in [-0.1, -0.05) is 24.3 Å². The number of methoxy groups -OCH3 is 2. The van der Waals surface area contributed by atoms with Crippen LogP contribution in [0, 0.1) is 6.92 Å². The van der Waals surface area contributed by atoms with Crippen LogP contribution in [0.2, 0.25) is 0 Å². The molecule has 28 heavy (non-hydrogen) atoms. The zero-order valence-electron chi connectivity index (χ0n) is 15.8. The second-order valence-corrected chi connectivity index (χ2v) is 6.33. The first kappa shape index (κ1) is 17.7. The van der Waals surface area contributed by atoms with Crippen LogP contribution < -0.4 is 20.1 Å². The fourth-order valence-electron chi connectivity index (χ4n) is 3.31. The van der Waals surface area contributed by atoms with Crippen molar-refractivity contribution in [2.75, 3.05) is 24.9 Å².